The number of esters is 3. The highest BCUT2D eigenvalue weighted by Crippen LogP contribution is 2.18. The van der Waals surface area contributed by atoms with Gasteiger partial charge in [-0.25, -0.2) is 0 Å². The van der Waals surface area contributed by atoms with Crippen molar-refractivity contribution in [2.75, 3.05) is 13.2 Å². The standard InChI is InChI=1S/C77H132O6/c1-4-7-10-13-16-19-22-25-28-31-33-34-35-36-37-38-39-40-41-42-44-46-49-52-55-58-61-64-67-70-76(79)82-73-74(72-81-75(78)69-66-63-60-57-54-51-48-45-30-27-24-21-18-15-12-9-6-3)83-77(80)71-68-65-62-59-56-53-50-47-43-32-29-26-23-20-17-14-11-8-5-2/h8-9,11-12,17-18,20-21,26-27,29-30,43,47,53,56,62,65,74H,4-7,10,13-16,19,22-25,28,31-42,44-46,48-52,54-55,57-61,63-64,66-73H2,1-3H3/b11-8-,12-9-,20-17-,21-18-,29-26-,30-27-,47-43-,56-53-,65-62-. The Morgan fingerprint density at radius 1 is 0.253 bits per heavy atom. The summed E-state index contributed by atoms with van der Waals surface area (Å²) in [6.07, 6.45) is 97.1. The number of carbonyl (C=O) groups is 3. The molecule has 0 aliphatic carbocycles. The molecule has 6 heteroatoms. The highest BCUT2D eigenvalue weighted by atomic mass is 16.6. The molecule has 0 rings (SSSR count). The van der Waals surface area contributed by atoms with Crippen LogP contribution >= 0.6 is 0 Å². The van der Waals surface area contributed by atoms with Crippen LogP contribution in [0.3, 0.4) is 0 Å². The molecule has 0 heterocycles. The lowest BCUT2D eigenvalue weighted by molar-refractivity contribution is -0.166. The Balaban J connectivity index is 4.34. The Labute approximate surface area is 514 Å². The second-order valence-electron chi connectivity index (χ2n) is 23.4. The normalized spacial score (nSPS) is 12.8. The van der Waals surface area contributed by atoms with Crippen LogP contribution in [0.25, 0.3) is 0 Å². The maximum atomic E-state index is 12.9. The van der Waals surface area contributed by atoms with Crippen molar-refractivity contribution in [3.05, 3.63) is 109 Å². The Hall–Kier alpha value is -3.93. The maximum absolute atomic E-state index is 12.9. The predicted molar refractivity (Wildman–Crippen MR) is 362 cm³/mol. The lowest BCUT2D eigenvalue weighted by Crippen LogP contribution is -2.30. The zero-order chi connectivity index (χ0) is 59.9. The van der Waals surface area contributed by atoms with E-state index in [-0.39, 0.29) is 31.6 Å². The number of rotatable bonds is 64. The van der Waals surface area contributed by atoms with Gasteiger partial charge < -0.3 is 14.2 Å². The number of allylic oxidation sites excluding steroid dienone is 18. The fourth-order valence-corrected chi connectivity index (χ4v) is 10.1. The van der Waals surface area contributed by atoms with Gasteiger partial charge >= 0.3 is 17.9 Å². The molecule has 0 bridgehead atoms. The zero-order valence-electron chi connectivity index (χ0n) is 54.7. The van der Waals surface area contributed by atoms with Crippen LogP contribution in [0.15, 0.2) is 109 Å². The van der Waals surface area contributed by atoms with Crippen LogP contribution in [0.1, 0.15) is 342 Å². The van der Waals surface area contributed by atoms with Gasteiger partial charge in [-0.2, -0.15) is 0 Å². The van der Waals surface area contributed by atoms with Crippen molar-refractivity contribution < 1.29 is 28.6 Å². The van der Waals surface area contributed by atoms with E-state index in [1.165, 1.54) is 193 Å². The first-order chi connectivity index (χ1) is 41.0. The molecule has 476 valence electrons. The van der Waals surface area contributed by atoms with Gasteiger partial charge in [0.25, 0.3) is 0 Å². The molecule has 0 radical (unpaired) electrons. The van der Waals surface area contributed by atoms with Gasteiger partial charge in [-0.1, -0.05) is 342 Å². The summed E-state index contributed by atoms with van der Waals surface area (Å²) in [4.78, 5) is 38.4. The smallest absolute Gasteiger partial charge is 0.306 e. The Bertz CT molecular complexity index is 1660. The van der Waals surface area contributed by atoms with Crippen molar-refractivity contribution in [2.24, 2.45) is 0 Å². The Morgan fingerprint density at radius 2 is 0.494 bits per heavy atom. The van der Waals surface area contributed by atoms with Crippen molar-refractivity contribution in [3.63, 3.8) is 0 Å². The van der Waals surface area contributed by atoms with Gasteiger partial charge in [-0.3, -0.25) is 14.4 Å². The molecule has 0 aromatic carbocycles. The number of hydrogen-bond acceptors (Lipinski definition) is 6. The Morgan fingerprint density at radius 3 is 0.783 bits per heavy atom. The molecular weight excluding hydrogens is 1020 g/mol. The minimum absolute atomic E-state index is 0.110. The van der Waals surface area contributed by atoms with Gasteiger partial charge in [0, 0.05) is 19.3 Å². The summed E-state index contributed by atoms with van der Waals surface area (Å²) in [6, 6.07) is 0. The molecule has 0 spiro atoms. The summed E-state index contributed by atoms with van der Waals surface area (Å²) in [5.41, 5.74) is 0. The third kappa shape index (κ3) is 68.7. The second kappa shape index (κ2) is 70.6. The lowest BCUT2D eigenvalue weighted by Gasteiger charge is -2.18. The SMILES string of the molecule is CC/C=C\C/C=C\C/C=C\C/C=C\C/C=C\C/C=C\CCC(=O)OC(COC(=O)CCCCCCCCC/C=C\C/C=C\C/C=C\CC)COC(=O)CCCCCCCCCCCCCCCCCCCCCCCCCCCCCCC. The first kappa shape index (κ1) is 79.1. The third-order valence-electron chi connectivity index (χ3n) is 15.3. The van der Waals surface area contributed by atoms with Crippen molar-refractivity contribution in [1.29, 1.82) is 0 Å². The Kier molecular flexibility index (Phi) is 67.2. The second-order valence-corrected chi connectivity index (χ2v) is 23.4. The van der Waals surface area contributed by atoms with Crippen molar-refractivity contribution in [3.8, 4) is 0 Å². The van der Waals surface area contributed by atoms with E-state index >= 15 is 0 Å². The number of unbranched alkanes of at least 4 members (excludes halogenated alkanes) is 35. The molecule has 0 aromatic heterocycles. The molecule has 0 aliphatic rings. The fraction of sp³-hybridized carbons (Fsp3) is 0.727. The summed E-state index contributed by atoms with van der Waals surface area (Å²) in [5, 5.41) is 0. The molecule has 83 heavy (non-hydrogen) atoms. The summed E-state index contributed by atoms with van der Waals surface area (Å²) in [6.45, 7) is 6.39. The van der Waals surface area contributed by atoms with Crippen molar-refractivity contribution in [2.45, 2.75) is 348 Å². The average Bonchev–Trinajstić information content (AvgIpc) is 3.49. The van der Waals surface area contributed by atoms with Gasteiger partial charge in [0.15, 0.2) is 6.10 Å². The van der Waals surface area contributed by atoms with Crippen LogP contribution in [-0.4, -0.2) is 37.2 Å². The molecule has 1 unspecified atom stereocenters. The molecule has 0 amide bonds. The molecule has 0 aliphatic heterocycles. The van der Waals surface area contributed by atoms with Gasteiger partial charge in [0.2, 0.25) is 0 Å². The van der Waals surface area contributed by atoms with Gasteiger partial charge in [0.1, 0.15) is 13.2 Å². The minimum atomic E-state index is -0.825. The van der Waals surface area contributed by atoms with Crippen molar-refractivity contribution >= 4 is 17.9 Å². The van der Waals surface area contributed by atoms with E-state index in [2.05, 4.69) is 124 Å². The van der Waals surface area contributed by atoms with E-state index in [0.717, 1.165) is 103 Å². The van der Waals surface area contributed by atoms with Crippen LogP contribution in [0.5, 0.6) is 0 Å². The highest BCUT2D eigenvalue weighted by molar-refractivity contribution is 5.71. The van der Waals surface area contributed by atoms with E-state index in [0.29, 0.717) is 19.3 Å². The van der Waals surface area contributed by atoms with Crippen LogP contribution in [0, 0.1) is 0 Å². The zero-order valence-corrected chi connectivity index (χ0v) is 54.7. The average molecular weight is 1150 g/mol. The lowest BCUT2D eigenvalue weighted by atomic mass is 10.0. The largest absolute Gasteiger partial charge is 0.462 e. The number of carbonyl (C=O) groups excluding carboxylic acids is 3. The summed E-state index contributed by atoms with van der Waals surface area (Å²) in [5.74, 6) is -0.993. The van der Waals surface area contributed by atoms with Gasteiger partial charge in [0.05, 0.1) is 0 Å². The van der Waals surface area contributed by atoms with Crippen molar-refractivity contribution in [1.82, 2.24) is 0 Å². The summed E-state index contributed by atoms with van der Waals surface area (Å²) in [7, 11) is 0. The summed E-state index contributed by atoms with van der Waals surface area (Å²) < 4.78 is 16.9. The number of hydrogen-bond donors (Lipinski definition) is 0. The van der Waals surface area contributed by atoms with Crippen LogP contribution in [0.4, 0.5) is 0 Å². The van der Waals surface area contributed by atoms with E-state index in [1.807, 2.05) is 6.08 Å². The molecular formula is C77H132O6. The highest BCUT2D eigenvalue weighted by Gasteiger charge is 2.19. The van der Waals surface area contributed by atoms with Crippen LogP contribution in [-0.2, 0) is 28.6 Å². The molecule has 0 N–H and O–H groups in total. The predicted octanol–water partition coefficient (Wildman–Crippen LogP) is 24.6. The first-order valence-electron chi connectivity index (χ1n) is 35.4. The number of ether oxygens (including phenoxy) is 3. The third-order valence-corrected chi connectivity index (χ3v) is 15.3. The maximum Gasteiger partial charge on any atom is 0.306 e. The molecule has 0 saturated heterocycles. The molecule has 0 fully saturated rings. The van der Waals surface area contributed by atoms with Gasteiger partial charge in [-0.15, -0.1) is 0 Å². The monoisotopic (exact) mass is 1150 g/mol. The molecule has 6 nitrogen and oxygen atoms in total. The first-order valence-corrected chi connectivity index (χ1v) is 35.4. The van der Waals surface area contributed by atoms with Crippen LogP contribution < -0.4 is 0 Å². The fourth-order valence-electron chi connectivity index (χ4n) is 10.1. The van der Waals surface area contributed by atoms with Crippen LogP contribution in [0.2, 0.25) is 0 Å². The quantitative estimate of drug-likeness (QED) is 0.0261. The van der Waals surface area contributed by atoms with E-state index in [1.54, 1.807) is 0 Å². The van der Waals surface area contributed by atoms with E-state index in [4.69, 9.17) is 14.2 Å². The minimum Gasteiger partial charge on any atom is -0.462 e. The summed E-state index contributed by atoms with van der Waals surface area (Å²) >= 11 is 0. The molecule has 0 aromatic rings. The topological polar surface area (TPSA) is 78.9 Å². The van der Waals surface area contributed by atoms with Gasteiger partial charge in [-0.05, 0) is 89.9 Å². The van der Waals surface area contributed by atoms with E-state index < -0.39 is 12.1 Å². The molecule has 0 saturated carbocycles. The van der Waals surface area contributed by atoms with E-state index in [9.17, 15) is 14.4 Å². The molecule has 1 atom stereocenters.